The van der Waals surface area contributed by atoms with Crippen molar-refractivity contribution in [3.05, 3.63) is 183 Å². The Morgan fingerprint density at radius 3 is 1.21 bits per heavy atom. The molecule has 2 nitrogen and oxygen atoms in total. The van der Waals surface area contributed by atoms with Gasteiger partial charge in [0.25, 0.3) is 0 Å². The van der Waals surface area contributed by atoms with E-state index in [1.54, 1.807) is 0 Å². The Morgan fingerprint density at radius 2 is 0.755 bits per heavy atom. The fourth-order valence-corrected chi connectivity index (χ4v) is 11.2. The second-order valence-electron chi connectivity index (χ2n) is 13.7. The van der Waals surface area contributed by atoms with Gasteiger partial charge in [-0.25, -0.2) is 0 Å². The number of pyridine rings is 2. The fourth-order valence-electron chi connectivity index (χ4n) is 8.65. The SMILES string of the molecule is c1cncc(-c2c3ccccc3c(-c3ccc4[se]c5c(-c6c7ccccc7c(-c7cccnc7)c7ccccc67)cccc5c4c3)c3ccccc23)c1. The molecule has 0 aliphatic rings. The number of benzene rings is 8. The van der Waals surface area contributed by atoms with Crippen LogP contribution >= 0.6 is 0 Å². The molecule has 0 aliphatic carbocycles. The topological polar surface area (TPSA) is 25.8 Å². The normalized spacial score (nSPS) is 11.8. The van der Waals surface area contributed by atoms with Crippen LogP contribution in [-0.2, 0) is 0 Å². The van der Waals surface area contributed by atoms with E-state index in [0.29, 0.717) is 0 Å². The molecule has 53 heavy (non-hydrogen) atoms. The Kier molecular flexibility index (Phi) is 6.91. The number of hydrogen-bond acceptors (Lipinski definition) is 2. The molecular weight excluding hydrogens is 708 g/mol. The molecule has 3 heterocycles. The van der Waals surface area contributed by atoms with Gasteiger partial charge in [0.1, 0.15) is 0 Å². The van der Waals surface area contributed by atoms with Crippen LogP contribution in [-0.4, -0.2) is 24.5 Å². The van der Waals surface area contributed by atoms with Crippen molar-refractivity contribution in [2.75, 3.05) is 0 Å². The van der Waals surface area contributed by atoms with E-state index in [4.69, 9.17) is 0 Å². The zero-order valence-electron chi connectivity index (χ0n) is 28.6. The van der Waals surface area contributed by atoms with E-state index in [1.165, 1.54) is 95.8 Å². The van der Waals surface area contributed by atoms with E-state index in [2.05, 4.69) is 156 Å². The average molecular weight is 738 g/mol. The molecule has 246 valence electrons. The predicted octanol–water partition coefficient (Wildman–Crippen LogP) is 13.1. The number of rotatable bonds is 4. The Bertz CT molecular complexity index is 3100. The van der Waals surface area contributed by atoms with Crippen LogP contribution in [0.1, 0.15) is 0 Å². The summed E-state index contributed by atoms with van der Waals surface area (Å²) in [6, 6.07) is 58.1. The number of hydrogen-bond donors (Lipinski definition) is 0. The summed E-state index contributed by atoms with van der Waals surface area (Å²) in [4.78, 5) is 9.00. The fraction of sp³-hybridized carbons (Fsp3) is 0. The third kappa shape index (κ3) is 4.65. The van der Waals surface area contributed by atoms with Gasteiger partial charge in [-0.15, -0.1) is 0 Å². The second-order valence-corrected chi connectivity index (χ2v) is 15.9. The molecule has 3 heteroatoms. The summed E-state index contributed by atoms with van der Waals surface area (Å²) in [5, 5.41) is 12.8. The van der Waals surface area contributed by atoms with Crippen LogP contribution in [0.25, 0.3) is 107 Å². The van der Waals surface area contributed by atoms with E-state index in [9.17, 15) is 0 Å². The number of nitrogens with zero attached hydrogens (tertiary/aromatic N) is 2. The van der Waals surface area contributed by atoms with Crippen molar-refractivity contribution in [1.29, 1.82) is 0 Å². The van der Waals surface area contributed by atoms with Gasteiger partial charge in [-0.1, -0.05) is 0 Å². The molecule has 0 saturated carbocycles. The summed E-state index contributed by atoms with van der Waals surface area (Å²) in [6.07, 6.45) is 7.67. The standard InChI is InChI=1S/C50H30N2Se/c1-3-16-36-34(14-1)46(35-15-2-4-17-37(35)47(36)32-12-10-26-51-29-32)31-24-25-45-44(28-31)42-22-9-23-43(50(42)53-45)49-40-20-7-5-18-38(40)48(33-13-11-27-52-30-33)39-19-6-8-21-41(39)49/h1-30H. The quantitative estimate of drug-likeness (QED) is 0.133. The Labute approximate surface area is 312 Å². The van der Waals surface area contributed by atoms with Gasteiger partial charge >= 0.3 is 314 Å². The first-order chi connectivity index (χ1) is 26.3. The van der Waals surface area contributed by atoms with Gasteiger partial charge in [0.05, 0.1) is 0 Å². The molecule has 0 bridgehead atoms. The van der Waals surface area contributed by atoms with Crippen molar-refractivity contribution in [3.63, 3.8) is 0 Å². The average Bonchev–Trinajstić information content (AvgIpc) is 3.61. The van der Waals surface area contributed by atoms with Gasteiger partial charge in [0.15, 0.2) is 0 Å². The van der Waals surface area contributed by atoms with Crippen molar-refractivity contribution in [2.45, 2.75) is 0 Å². The van der Waals surface area contributed by atoms with Crippen molar-refractivity contribution >= 4 is 76.9 Å². The summed E-state index contributed by atoms with van der Waals surface area (Å²) >= 11 is 0.151. The van der Waals surface area contributed by atoms with Crippen LogP contribution < -0.4 is 0 Å². The summed E-state index contributed by atoms with van der Waals surface area (Å²) in [6.45, 7) is 0. The van der Waals surface area contributed by atoms with Crippen LogP contribution in [0.3, 0.4) is 0 Å². The monoisotopic (exact) mass is 738 g/mol. The van der Waals surface area contributed by atoms with Crippen LogP contribution in [0.15, 0.2) is 183 Å². The molecule has 11 aromatic rings. The van der Waals surface area contributed by atoms with E-state index >= 15 is 0 Å². The molecule has 0 atom stereocenters. The van der Waals surface area contributed by atoms with Gasteiger partial charge in [0.2, 0.25) is 0 Å². The van der Waals surface area contributed by atoms with Gasteiger partial charge in [-0.3, -0.25) is 0 Å². The molecule has 0 amide bonds. The Balaban J connectivity index is 1.18. The molecule has 0 spiro atoms. The van der Waals surface area contributed by atoms with Crippen molar-refractivity contribution in [1.82, 2.24) is 9.97 Å². The maximum absolute atomic E-state index is 4.51. The molecule has 0 fully saturated rings. The number of aromatic nitrogens is 2. The minimum atomic E-state index is 0.151. The van der Waals surface area contributed by atoms with Gasteiger partial charge < -0.3 is 0 Å². The number of fused-ring (bicyclic) bond motifs is 7. The van der Waals surface area contributed by atoms with Crippen molar-refractivity contribution in [2.24, 2.45) is 0 Å². The zero-order valence-corrected chi connectivity index (χ0v) is 30.3. The van der Waals surface area contributed by atoms with E-state index in [-0.39, 0.29) is 14.5 Å². The van der Waals surface area contributed by atoms with Crippen LogP contribution in [0, 0.1) is 0 Å². The first-order valence-corrected chi connectivity index (χ1v) is 19.7. The third-order valence-electron chi connectivity index (χ3n) is 10.8. The predicted molar refractivity (Wildman–Crippen MR) is 226 cm³/mol. The first kappa shape index (κ1) is 30.3. The summed E-state index contributed by atoms with van der Waals surface area (Å²) in [5.41, 5.74) is 9.95. The second kappa shape index (κ2) is 12.1. The molecule has 0 aliphatic heterocycles. The molecule has 0 unspecified atom stereocenters. The van der Waals surface area contributed by atoms with Crippen LogP contribution in [0.4, 0.5) is 0 Å². The summed E-state index contributed by atoms with van der Waals surface area (Å²) < 4.78 is 2.89. The Morgan fingerprint density at radius 1 is 0.321 bits per heavy atom. The molecular formula is C50H30N2Se. The third-order valence-corrected chi connectivity index (χ3v) is 13.4. The molecule has 8 aromatic carbocycles. The minimum absolute atomic E-state index is 0.151. The van der Waals surface area contributed by atoms with Gasteiger partial charge in [0, 0.05) is 0 Å². The summed E-state index contributed by atoms with van der Waals surface area (Å²) in [5.74, 6) is 0. The van der Waals surface area contributed by atoms with Crippen LogP contribution in [0.5, 0.6) is 0 Å². The molecule has 0 radical (unpaired) electrons. The zero-order chi connectivity index (χ0) is 34.9. The Hall–Kier alpha value is -6.38. The van der Waals surface area contributed by atoms with Crippen LogP contribution in [0.2, 0.25) is 0 Å². The van der Waals surface area contributed by atoms with E-state index in [1.807, 2.05) is 36.9 Å². The summed E-state index contributed by atoms with van der Waals surface area (Å²) in [7, 11) is 0. The van der Waals surface area contributed by atoms with Gasteiger partial charge in [-0.05, 0) is 0 Å². The first-order valence-electron chi connectivity index (χ1n) is 18.0. The van der Waals surface area contributed by atoms with Gasteiger partial charge in [-0.2, -0.15) is 0 Å². The molecule has 3 aromatic heterocycles. The molecule has 11 rings (SSSR count). The van der Waals surface area contributed by atoms with Crippen molar-refractivity contribution in [3.8, 4) is 44.5 Å². The molecule has 0 N–H and O–H groups in total. The van der Waals surface area contributed by atoms with Crippen molar-refractivity contribution < 1.29 is 0 Å². The maximum atomic E-state index is 4.51. The molecule has 0 saturated heterocycles. The van der Waals surface area contributed by atoms with E-state index < -0.39 is 0 Å². The van der Waals surface area contributed by atoms with E-state index in [0.717, 1.165) is 11.1 Å².